The predicted octanol–water partition coefficient (Wildman–Crippen LogP) is 0.626. The second-order valence-electron chi connectivity index (χ2n) is 24.8. The number of benzene rings is 12. The minimum atomic E-state index is -4.82. The average Bonchev–Trinajstić information content (AvgIpc) is 0.792. The standard InChI is InChI=1S/4C18H15O9PS3.Pd/c4*19-29(20,21)16-7-1-4-13(10-16)28(14-5-2-8-17(11-14)30(22,23)24)15-6-3-9-18(12-15)31(25,26)27;/h4*1-12H,(H,19,20,21)(H,22,23,24)(H,25,26,27);/q;;;;+4/p-12. The Bertz CT molecular complexity index is 6050. The van der Waals surface area contributed by atoms with Gasteiger partial charge in [-0.3, -0.25) is 0 Å². The summed E-state index contributed by atoms with van der Waals surface area (Å²) in [6.45, 7) is 0. The fourth-order valence-electron chi connectivity index (χ4n) is 11.1. The molecule has 36 nitrogen and oxygen atoms in total. The Labute approximate surface area is 735 Å². The van der Waals surface area contributed by atoms with Crippen LogP contribution in [0.15, 0.2) is 350 Å². The fourth-order valence-corrected chi connectivity index (χ4v) is 28.0. The van der Waals surface area contributed by atoms with Crippen LogP contribution in [0.25, 0.3) is 0 Å². The first-order valence-corrected chi connectivity index (χ1v) is 55.3. The van der Waals surface area contributed by atoms with Crippen LogP contribution in [0.5, 0.6) is 0 Å². The van der Waals surface area contributed by atoms with E-state index < -0.39 is 212 Å². The van der Waals surface area contributed by atoms with Crippen LogP contribution < -0.4 is 63.7 Å². The van der Waals surface area contributed by atoms with Crippen LogP contribution in [0, 0.1) is 0 Å². The Balaban J connectivity index is 0.000000206. The summed E-state index contributed by atoms with van der Waals surface area (Å²) in [7, 11) is -65.2. The van der Waals surface area contributed by atoms with Crippen LogP contribution in [0.3, 0.4) is 0 Å². The number of hydrogen-bond donors (Lipinski definition) is 0. The van der Waals surface area contributed by atoms with Crippen LogP contribution >= 0.6 is 31.7 Å². The van der Waals surface area contributed by atoms with Gasteiger partial charge in [0.25, 0.3) is 0 Å². The first-order valence-electron chi connectivity index (χ1n) is 33.0. The van der Waals surface area contributed by atoms with Gasteiger partial charge in [0, 0.05) is 0 Å². The molecule has 0 aromatic heterocycles. The quantitative estimate of drug-likeness (QED) is 0.0455. The molecule has 0 atom stereocenters. The fraction of sp³-hybridized carbons (Fsp3) is 0. The molecule has 0 radical (unpaired) electrons. The summed E-state index contributed by atoms with van der Waals surface area (Å²) < 4.78 is 413. The molecule has 0 saturated heterocycles. The largest absolute Gasteiger partial charge is 4.00 e. The van der Waals surface area contributed by atoms with Gasteiger partial charge in [-0.1, -0.05) is 146 Å². The molecule has 0 unspecified atom stereocenters. The van der Waals surface area contributed by atoms with E-state index in [1.54, 1.807) is 0 Å². The molecule has 12 aromatic carbocycles. The third-order valence-corrected chi connectivity index (χ3v) is 35.9. The summed E-state index contributed by atoms with van der Waals surface area (Å²) in [6, 6.07) is 59.3. The van der Waals surface area contributed by atoms with Crippen molar-refractivity contribution in [3.05, 3.63) is 291 Å². The van der Waals surface area contributed by atoms with Crippen molar-refractivity contribution >= 4 is 217 Å². The molecule has 662 valence electrons. The molecule has 125 heavy (non-hydrogen) atoms. The van der Waals surface area contributed by atoms with E-state index in [4.69, 9.17) is 0 Å². The summed E-state index contributed by atoms with van der Waals surface area (Å²) in [5.41, 5.74) is 0. The molecule has 0 amide bonds. The second kappa shape index (κ2) is 39.9. The molecule has 12 aromatic rings. The molecule has 0 spiro atoms. The summed E-state index contributed by atoms with van der Waals surface area (Å²) in [5.74, 6) is 0. The van der Waals surface area contributed by atoms with Crippen molar-refractivity contribution in [1.82, 2.24) is 0 Å². The van der Waals surface area contributed by atoms with Gasteiger partial charge in [0.15, 0.2) is 0 Å². The van der Waals surface area contributed by atoms with Gasteiger partial charge in [-0.15, -0.1) is 0 Å². The van der Waals surface area contributed by atoms with Gasteiger partial charge >= 0.3 is 20.4 Å². The topological polar surface area (TPSA) is 686 Å². The Morgan fingerprint density at radius 1 is 0.128 bits per heavy atom. The van der Waals surface area contributed by atoms with Crippen molar-refractivity contribution in [2.45, 2.75) is 58.7 Å². The summed E-state index contributed by atoms with van der Waals surface area (Å²) in [6.07, 6.45) is 0. The average molecular weight is 2100 g/mol. The van der Waals surface area contributed by atoms with Crippen LogP contribution in [0.1, 0.15) is 0 Å². The van der Waals surface area contributed by atoms with E-state index in [0.717, 1.165) is 146 Å². The normalized spacial score (nSPS) is 12.7. The molecular formula is C72H48O36P4PdS12-8. The van der Waals surface area contributed by atoms with Gasteiger partial charge in [0.05, 0.1) is 58.7 Å². The molecule has 0 saturated carbocycles. The molecule has 53 heteroatoms. The Kier molecular flexibility index (Phi) is 32.7. The number of hydrogen-bond acceptors (Lipinski definition) is 36. The molecule has 12 rings (SSSR count). The van der Waals surface area contributed by atoms with E-state index in [2.05, 4.69) is 0 Å². The van der Waals surface area contributed by atoms with Crippen molar-refractivity contribution in [1.29, 1.82) is 0 Å². The van der Waals surface area contributed by atoms with Crippen molar-refractivity contribution in [3.63, 3.8) is 0 Å². The van der Waals surface area contributed by atoms with Crippen LogP contribution in [0.2, 0.25) is 0 Å². The van der Waals surface area contributed by atoms with E-state index >= 15 is 0 Å². The third kappa shape index (κ3) is 28.0. The van der Waals surface area contributed by atoms with Gasteiger partial charge in [0.1, 0.15) is 121 Å². The van der Waals surface area contributed by atoms with Gasteiger partial charge < -0.3 is 54.6 Å². The second-order valence-corrected chi connectivity index (χ2v) is 50.2. The Morgan fingerprint density at radius 2 is 0.192 bits per heavy atom. The van der Waals surface area contributed by atoms with Crippen molar-refractivity contribution in [3.8, 4) is 0 Å². The molecule has 0 aliphatic carbocycles. The van der Waals surface area contributed by atoms with Crippen molar-refractivity contribution < 1.29 is 176 Å². The van der Waals surface area contributed by atoms with Gasteiger partial charge in [-0.25, -0.2) is 101 Å². The molecule has 0 heterocycles. The summed E-state index contributed by atoms with van der Waals surface area (Å²) >= 11 is 0. The van der Waals surface area contributed by atoms with Crippen LogP contribution in [-0.4, -0.2) is 156 Å². The van der Waals surface area contributed by atoms with Gasteiger partial charge in [-0.2, -0.15) is 0 Å². The third-order valence-electron chi connectivity index (χ3n) is 16.4. The molecule has 0 aliphatic rings. The minimum Gasteiger partial charge on any atom is -0.744 e. The smallest absolute Gasteiger partial charge is 0.744 e. The first-order chi connectivity index (χ1) is 57.1. The molecular weight excluding hydrogens is 2060 g/mol. The molecule has 0 fully saturated rings. The van der Waals surface area contributed by atoms with E-state index in [-0.39, 0.29) is 84.1 Å². The zero-order valence-electron chi connectivity index (χ0n) is 61.4. The van der Waals surface area contributed by atoms with E-state index in [1.165, 1.54) is 146 Å². The predicted molar refractivity (Wildman–Crippen MR) is 436 cm³/mol. The molecule has 0 N–H and O–H groups in total. The van der Waals surface area contributed by atoms with Crippen molar-refractivity contribution in [2.24, 2.45) is 0 Å². The minimum absolute atomic E-state index is 0. The Hall–Kier alpha value is -8.06. The monoisotopic (exact) mass is 2100 g/mol. The Morgan fingerprint density at radius 3 is 0.248 bits per heavy atom. The van der Waals surface area contributed by atoms with Gasteiger partial charge in [0.2, 0.25) is 0 Å². The number of rotatable bonds is 24. The SMILES string of the molecule is O=S(=O)([O-])c1cccc(P(c2cccc(S(=O)(=O)[O-])c2)c2cccc(S(=O)(=O)[O-])c2)c1.O=S(=O)([O-])c1cccc(P(c2cccc(S(=O)(=O)[O-])c2)c2cccc(S(=O)(=O)[O-])c2)c1.O=S(=O)([O-])c1cccc(P(c2cccc(S(=O)(=O)[O-])c2)c2cccc(S(=O)(=O)[O-])c2)c1.O=S(=O)([O-])c1cccc(P(c2cccc(S(=O)(=O)[O-])c2)c2cccc(S(=O)(=O)[O-])c2)c1.[Pd+4]. The first kappa shape index (κ1) is 102. The summed E-state index contributed by atoms with van der Waals surface area (Å²) in [4.78, 5) is -6.53. The zero-order chi connectivity index (χ0) is 92.1. The van der Waals surface area contributed by atoms with E-state index in [1.807, 2.05) is 0 Å². The maximum absolute atomic E-state index is 11.5. The molecule has 0 bridgehead atoms. The van der Waals surface area contributed by atoms with Gasteiger partial charge in [-0.05, 0) is 241 Å². The zero-order valence-corrected chi connectivity index (χ0v) is 76.3. The summed E-state index contributed by atoms with van der Waals surface area (Å²) in [5, 5.41) is 3.09. The van der Waals surface area contributed by atoms with Crippen molar-refractivity contribution in [2.75, 3.05) is 0 Å². The van der Waals surface area contributed by atoms with Crippen LogP contribution in [0.4, 0.5) is 0 Å². The molecule has 0 aliphatic heterocycles. The van der Waals surface area contributed by atoms with Crippen LogP contribution in [-0.2, 0) is 142 Å². The maximum atomic E-state index is 11.5. The maximum Gasteiger partial charge on any atom is 4.00 e. The van der Waals surface area contributed by atoms with E-state index in [9.17, 15) is 156 Å². The van der Waals surface area contributed by atoms with E-state index in [0.29, 0.717) is 0 Å².